The summed E-state index contributed by atoms with van der Waals surface area (Å²) in [4.78, 5) is 8.94. The van der Waals surface area contributed by atoms with E-state index in [1.165, 1.54) is 5.56 Å². The van der Waals surface area contributed by atoms with Crippen molar-refractivity contribution < 1.29 is 0 Å². The Morgan fingerprint density at radius 3 is 2.54 bits per heavy atom. The first-order valence-corrected chi connectivity index (χ1v) is 8.80. The van der Waals surface area contributed by atoms with Crippen LogP contribution in [0.3, 0.4) is 0 Å². The predicted octanol–water partition coefficient (Wildman–Crippen LogP) is 4.43. The van der Waals surface area contributed by atoms with Gasteiger partial charge in [0.15, 0.2) is 0 Å². The zero-order valence-corrected chi connectivity index (χ0v) is 14.8. The van der Waals surface area contributed by atoms with Crippen LogP contribution in [0.1, 0.15) is 11.3 Å². The lowest BCUT2D eigenvalue weighted by atomic mass is 10.1. The number of hydrogen-bond donors (Lipinski definition) is 1. The fourth-order valence-electron chi connectivity index (χ4n) is 3.20. The Balaban J connectivity index is 1.47. The number of nitrogens with zero attached hydrogens (tertiary/aromatic N) is 3. The summed E-state index contributed by atoms with van der Waals surface area (Å²) in [6, 6.07) is 18.5. The van der Waals surface area contributed by atoms with Crippen LogP contribution in [0.5, 0.6) is 0 Å². The number of rotatable bonds is 4. The molecule has 0 radical (unpaired) electrons. The van der Waals surface area contributed by atoms with Crippen molar-refractivity contribution in [2.75, 3.05) is 17.2 Å². The molecule has 2 N–H and O–H groups in total. The summed E-state index contributed by atoms with van der Waals surface area (Å²) in [5.74, 6) is 0. The molecule has 0 atom stereocenters. The van der Waals surface area contributed by atoms with E-state index in [0.29, 0.717) is 0 Å². The van der Waals surface area contributed by atoms with Gasteiger partial charge in [-0.05, 0) is 55.3 Å². The number of pyridine rings is 1. The smallest absolute Gasteiger partial charge is 0.0726 e. The van der Waals surface area contributed by atoms with Gasteiger partial charge in [-0.25, -0.2) is 0 Å². The van der Waals surface area contributed by atoms with E-state index in [-0.39, 0.29) is 0 Å². The van der Waals surface area contributed by atoms with Crippen LogP contribution < -0.4 is 10.6 Å². The summed E-state index contributed by atoms with van der Waals surface area (Å²) in [5, 5.41) is 1.15. The van der Waals surface area contributed by atoms with E-state index >= 15 is 0 Å². The number of nitrogen functional groups attached to an aromatic ring is 1. The van der Waals surface area contributed by atoms with E-state index < -0.39 is 0 Å². The molecule has 3 aromatic rings. The Hall–Kier alpha value is -3.27. The average Bonchev–Trinajstić information content (AvgIpc) is 2.66. The van der Waals surface area contributed by atoms with Crippen molar-refractivity contribution in [2.45, 2.75) is 13.3 Å². The largest absolute Gasteiger partial charge is 0.399 e. The van der Waals surface area contributed by atoms with Gasteiger partial charge >= 0.3 is 0 Å². The standard InChI is InChI=1S/C22H22N4/c1-17-8-9-20-21(24-17)6-3-7-22(20)26-14-12-25(13-15-26)11-10-18-4-2-5-19(23)16-18/h2-9,12-16H,10-11,23H2,1H3. The Labute approximate surface area is 153 Å². The molecule has 2 aromatic carbocycles. The van der Waals surface area contributed by atoms with Gasteiger partial charge in [0.05, 0.1) is 11.2 Å². The van der Waals surface area contributed by atoms with Crippen LogP contribution in [0.15, 0.2) is 79.4 Å². The van der Waals surface area contributed by atoms with E-state index in [9.17, 15) is 0 Å². The number of fused-ring (bicyclic) bond motifs is 1. The van der Waals surface area contributed by atoms with Gasteiger partial charge in [-0.1, -0.05) is 18.2 Å². The summed E-state index contributed by atoms with van der Waals surface area (Å²) in [5.41, 5.74) is 11.1. The number of hydrogen-bond acceptors (Lipinski definition) is 4. The quantitative estimate of drug-likeness (QED) is 0.712. The number of aromatic nitrogens is 1. The van der Waals surface area contributed by atoms with Crippen LogP contribution in [0, 0.1) is 6.92 Å². The molecule has 130 valence electrons. The molecule has 2 heterocycles. The van der Waals surface area contributed by atoms with Crippen molar-refractivity contribution in [3.8, 4) is 0 Å². The zero-order valence-electron chi connectivity index (χ0n) is 14.8. The predicted molar refractivity (Wildman–Crippen MR) is 109 cm³/mol. The topological polar surface area (TPSA) is 45.4 Å². The third-order valence-electron chi connectivity index (χ3n) is 4.57. The number of benzene rings is 2. The maximum atomic E-state index is 5.85. The second-order valence-electron chi connectivity index (χ2n) is 6.53. The third-order valence-corrected chi connectivity index (χ3v) is 4.57. The van der Waals surface area contributed by atoms with Gasteiger partial charge in [0.25, 0.3) is 0 Å². The van der Waals surface area contributed by atoms with E-state index in [1.54, 1.807) is 0 Å². The molecule has 1 aromatic heterocycles. The highest BCUT2D eigenvalue weighted by Gasteiger charge is 2.10. The van der Waals surface area contributed by atoms with Crippen molar-refractivity contribution in [3.05, 3.63) is 90.7 Å². The lowest BCUT2D eigenvalue weighted by Gasteiger charge is -2.26. The first-order chi connectivity index (χ1) is 12.7. The minimum Gasteiger partial charge on any atom is -0.399 e. The third kappa shape index (κ3) is 3.40. The van der Waals surface area contributed by atoms with Crippen LogP contribution in [0.25, 0.3) is 10.9 Å². The van der Waals surface area contributed by atoms with Crippen molar-refractivity contribution in [1.29, 1.82) is 0 Å². The molecule has 0 fully saturated rings. The Kier molecular flexibility index (Phi) is 4.32. The summed E-state index contributed by atoms with van der Waals surface area (Å²) in [6.07, 6.45) is 9.35. The number of anilines is 2. The second-order valence-corrected chi connectivity index (χ2v) is 6.53. The van der Waals surface area contributed by atoms with Crippen molar-refractivity contribution in [1.82, 2.24) is 9.88 Å². The molecule has 4 rings (SSSR count). The maximum absolute atomic E-state index is 5.85. The lowest BCUT2D eigenvalue weighted by molar-refractivity contribution is 0.501. The summed E-state index contributed by atoms with van der Waals surface area (Å²) >= 11 is 0. The van der Waals surface area contributed by atoms with Gasteiger partial charge in [0.1, 0.15) is 0 Å². The van der Waals surface area contributed by atoms with Gasteiger partial charge < -0.3 is 15.5 Å². The fourth-order valence-corrected chi connectivity index (χ4v) is 3.20. The molecule has 4 heteroatoms. The van der Waals surface area contributed by atoms with Crippen LogP contribution >= 0.6 is 0 Å². The Morgan fingerprint density at radius 2 is 1.73 bits per heavy atom. The molecular formula is C22H22N4. The molecule has 0 aliphatic carbocycles. The molecule has 0 amide bonds. The van der Waals surface area contributed by atoms with Crippen LogP contribution in [-0.2, 0) is 6.42 Å². The normalized spacial score (nSPS) is 13.6. The summed E-state index contributed by atoms with van der Waals surface area (Å²) < 4.78 is 0. The van der Waals surface area contributed by atoms with E-state index in [2.05, 4.69) is 76.0 Å². The van der Waals surface area contributed by atoms with Crippen LogP contribution in [-0.4, -0.2) is 16.4 Å². The van der Waals surface area contributed by atoms with Gasteiger partial charge in [-0.15, -0.1) is 0 Å². The second kappa shape index (κ2) is 6.92. The van der Waals surface area contributed by atoms with E-state index in [4.69, 9.17) is 5.73 Å². The van der Waals surface area contributed by atoms with Gasteiger partial charge in [0.2, 0.25) is 0 Å². The van der Waals surface area contributed by atoms with Gasteiger partial charge in [0, 0.05) is 48.1 Å². The molecule has 0 saturated heterocycles. The first kappa shape index (κ1) is 16.2. The number of nitrogens with two attached hydrogens (primary N) is 1. The monoisotopic (exact) mass is 342 g/mol. The lowest BCUT2D eigenvalue weighted by Crippen LogP contribution is -2.21. The van der Waals surface area contributed by atoms with Crippen LogP contribution in [0.2, 0.25) is 0 Å². The molecule has 26 heavy (non-hydrogen) atoms. The summed E-state index contributed by atoms with van der Waals surface area (Å²) in [7, 11) is 0. The minimum absolute atomic E-state index is 0.818. The highest BCUT2D eigenvalue weighted by molar-refractivity contribution is 5.92. The van der Waals surface area contributed by atoms with Gasteiger partial charge in [-0.2, -0.15) is 0 Å². The molecule has 0 unspecified atom stereocenters. The van der Waals surface area contributed by atoms with Gasteiger partial charge in [-0.3, -0.25) is 4.98 Å². The molecule has 1 aliphatic heterocycles. The van der Waals surface area contributed by atoms with E-state index in [0.717, 1.165) is 40.9 Å². The van der Waals surface area contributed by atoms with Crippen molar-refractivity contribution >= 4 is 22.3 Å². The molecule has 0 saturated carbocycles. The highest BCUT2D eigenvalue weighted by Crippen LogP contribution is 2.27. The molecule has 1 aliphatic rings. The molecule has 4 nitrogen and oxygen atoms in total. The Bertz CT molecular complexity index is 976. The number of aryl methyl sites for hydroxylation is 1. The minimum atomic E-state index is 0.818. The average molecular weight is 342 g/mol. The molecular weight excluding hydrogens is 320 g/mol. The van der Waals surface area contributed by atoms with Crippen LogP contribution in [0.4, 0.5) is 11.4 Å². The SMILES string of the molecule is Cc1ccc2c(N3C=CN(CCc4cccc(N)c4)C=C3)cccc2n1. The van der Waals surface area contributed by atoms with E-state index in [1.807, 2.05) is 25.1 Å². The maximum Gasteiger partial charge on any atom is 0.0726 e. The van der Waals surface area contributed by atoms with Crippen molar-refractivity contribution in [3.63, 3.8) is 0 Å². The van der Waals surface area contributed by atoms with Crippen molar-refractivity contribution in [2.24, 2.45) is 0 Å². The first-order valence-electron chi connectivity index (χ1n) is 8.80. The summed E-state index contributed by atoms with van der Waals surface area (Å²) in [6.45, 7) is 2.94. The fraction of sp³-hybridized carbons (Fsp3) is 0.136. The zero-order chi connectivity index (χ0) is 17.9. The molecule has 0 spiro atoms. The molecule has 0 bridgehead atoms. The highest BCUT2D eigenvalue weighted by atomic mass is 15.2. The Morgan fingerprint density at radius 1 is 0.923 bits per heavy atom.